The molecule has 0 radical (unpaired) electrons. The number of rotatable bonds is 8. The first-order valence-corrected chi connectivity index (χ1v) is 7.12. The second kappa shape index (κ2) is 8.11. The molecule has 0 aliphatic carbocycles. The van der Waals surface area contributed by atoms with Gasteiger partial charge in [-0.25, -0.2) is 0 Å². The number of nitrogens with one attached hydrogen (secondary N) is 1. The molecule has 1 nitrogen and oxygen atoms in total. The first kappa shape index (κ1) is 16.0. The van der Waals surface area contributed by atoms with Crippen LogP contribution in [0.3, 0.4) is 0 Å². The predicted molar refractivity (Wildman–Crippen MR) is 74.8 cm³/mol. The first-order chi connectivity index (χ1) is 7.39. The fraction of sp³-hybridized carbons (Fsp3) is 1.00. The van der Waals surface area contributed by atoms with Crippen molar-refractivity contribution in [2.45, 2.75) is 79.7 Å². The molecule has 0 rings (SSSR count). The molecule has 16 heavy (non-hydrogen) atoms. The Labute approximate surface area is 103 Å². The quantitative estimate of drug-likeness (QED) is 0.638. The number of unbranched alkanes of at least 4 members (excludes halogenated alkanes) is 1. The summed E-state index contributed by atoms with van der Waals surface area (Å²) >= 11 is 0. The predicted octanol–water partition coefficient (Wildman–Crippen LogP) is 4.62. The summed E-state index contributed by atoms with van der Waals surface area (Å²) in [5, 5.41) is 3.63. The van der Waals surface area contributed by atoms with Crippen LogP contribution in [0.1, 0.15) is 73.6 Å². The standard InChI is InChI=1S/C15H33N/c1-7-9-10-14(16-8-2)11-13(3)12-15(4,5)6/h13-14,16H,7-12H2,1-6H3. The third kappa shape index (κ3) is 9.21. The van der Waals surface area contributed by atoms with Crippen LogP contribution in [-0.4, -0.2) is 12.6 Å². The van der Waals surface area contributed by atoms with Gasteiger partial charge in [0.05, 0.1) is 0 Å². The van der Waals surface area contributed by atoms with E-state index in [-0.39, 0.29) is 0 Å². The van der Waals surface area contributed by atoms with E-state index in [1.807, 2.05) is 0 Å². The van der Waals surface area contributed by atoms with Gasteiger partial charge in [-0.2, -0.15) is 0 Å². The molecule has 0 aromatic rings. The Morgan fingerprint density at radius 2 is 1.75 bits per heavy atom. The Morgan fingerprint density at radius 3 is 2.19 bits per heavy atom. The van der Waals surface area contributed by atoms with Crippen LogP contribution in [0, 0.1) is 11.3 Å². The van der Waals surface area contributed by atoms with Crippen molar-refractivity contribution in [3.8, 4) is 0 Å². The van der Waals surface area contributed by atoms with Crippen LogP contribution in [0.15, 0.2) is 0 Å². The van der Waals surface area contributed by atoms with Crippen molar-refractivity contribution in [2.24, 2.45) is 11.3 Å². The highest BCUT2D eigenvalue weighted by molar-refractivity contribution is 4.73. The molecular weight excluding hydrogens is 194 g/mol. The molecule has 2 unspecified atom stereocenters. The summed E-state index contributed by atoms with van der Waals surface area (Å²) in [6, 6.07) is 0.738. The molecule has 1 heteroatoms. The van der Waals surface area contributed by atoms with E-state index in [2.05, 4.69) is 46.9 Å². The third-order valence-electron chi connectivity index (χ3n) is 3.05. The Bertz CT molecular complexity index is 157. The molecule has 0 amide bonds. The van der Waals surface area contributed by atoms with Crippen LogP contribution >= 0.6 is 0 Å². The summed E-state index contributed by atoms with van der Waals surface area (Å²) < 4.78 is 0. The van der Waals surface area contributed by atoms with E-state index in [4.69, 9.17) is 0 Å². The molecule has 0 fully saturated rings. The van der Waals surface area contributed by atoms with Gasteiger partial charge in [-0.1, -0.05) is 54.4 Å². The molecule has 1 N–H and O–H groups in total. The zero-order valence-corrected chi connectivity index (χ0v) is 12.4. The zero-order chi connectivity index (χ0) is 12.6. The van der Waals surface area contributed by atoms with Gasteiger partial charge in [-0.3, -0.25) is 0 Å². The Balaban J connectivity index is 3.96. The number of hydrogen-bond acceptors (Lipinski definition) is 1. The molecular formula is C15H33N. The molecule has 0 aromatic heterocycles. The topological polar surface area (TPSA) is 12.0 Å². The molecule has 98 valence electrons. The third-order valence-corrected chi connectivity index (χ3v) is 3.05. The molecule has 0 spiro atoms. The summed E-state index contributed by atoms with van der Waals surface area (Å²) in [4.78, 5) is 0. The van der Waals surface area contributed by atoms with Gasteiger partial charge < -0.3 is 5.32 Å². The summed E-state index contributed by atoms with van der Waals surface area (Å²) in [7, 11) is 0. The highest BCUT2D eigenvalue weighted by Gasteiger charge is 2.18. The molecule has 0 saturated carbocycles. The van der Waals surface area contributed by atoms with Gasteiger partial charge in [-0.05, 0) is 37.1 Å². The van der Waals surface area contributed by atoms with Crippen LogP contribution in [-0.2, 0) is 0 Å². The highest BCUT2D eigenvalue weighted by Crippen LogP contribution is 2.27. The Hall–Kier alpha value is -0.0400. The van der Waals surface area contributed by atoms with Gasteiger partial charge in [0, 0.05) is 6.04 Å². The zero-order valence-electron chi connectivity index (χ0n) is 12.4. The summed E-state index contributed by atoms with van der Waals surface area (Å²) in [6.07, 6.45) is 6.69. The minimum Gasteiger partial charge on any atom is -0.314 e. The monoisotopic (exact) mass is 227 g/mol. The molecule has 0 aromatic carbocycles. The van der Waals surface area contributed by atoms with E-state index in [0.29, 0.717) is 5.41 Å². The molecule has 0 aliphatic heterocycles. The van der Waals surface area contributed by atoms with Crippen molar-refractivity contribution in [2.75, 3.05) is 6.54 Å². The SMILES string of the molecule is CCCCC(CC(C)CC(C)(C)C)NCC. The van der Waals surface area contributed by atoms with Crippen molar-refractivity contribution in [3.63, 3.8) is 0 Å². The smallest absolute Gasteiger partial charge is 0.00694 e. The highest BCUT2D eigenvalue weighted by atomic mass is 14.9. The maximum absolute atomic E-state index is 3.63. The van der Waals surface area contributed by atoms with E-state index < -0.39 is 0 Å². The van der Waals surface area contributed by atoms with Crippen molar-refractivity contribution in [1.82, 2.24) is 5.32 Å². The Morgan fingerprint density at radius 1 is 1.12 bits per heavy atom. The summed E-state index contributed by atoms with van der Waals surface area (Å²) in [5.74, 6) is 0.834. The minimum absolute atomic E-state index is 0.473. The molecule has 0 saturated heterocycles. The van der Waals surface area contributed by atoms with Crippen molar-refractivity contribution in [3.05, 3.63) is 0 Å². The van der Waals surface area contributed by atoms with Crippen LogP contribution in [0.4, 0.5) is 0 Å². The lowest BCUT2D eigenvalue weighted by atomic mass is 9.82. The van der Waals surface area contributed by atoms with E-state index in [9.17, 15) is 0 Å². The maximum atomic E-state index is 3.63. The van der Waals surface area contributed by atoms with Crippen LogP contribution in [0.2, 0.25) is 0 Å². The van der Waals surface area contributed by atoms with E-state index in [0.717, 1.165) is 18.5 Å². The summed E-state index contributed by atoms with van der Waals surface area (Å²) in [5.41, 5.74) is 0.473. The largest absolute Gasteiger partial charge is 0.314 e. The van der Waals surface area contributed by atoms with Gasteiger partial charge in [0.2, 0.25) is 0 Å². The van der Waals surface area contributed by atoms with Crippen LogP contribution in [0.5, 0.6) is 0 Å². The lowest BCUT2D eigenvalue weighted by molar-refractivity contribution is 0.270. The van der Waals surface area contributed by atoms with E-state index >= 15 is 0 Å². The molecule has 0 heterocycles. The molecule has 0 aliphatic rings. The van der Waals surface area contributed by atoms with Gasteiger partial charge in [-0.15, -0.1) is 0 Å². The fourth-order valence-corrected chi connectivity index (χ4v) is 2.66. The number of hydrogen-bond donors (Lipinski definition) is 1. The Kier molecular flexibility index (Phi) is 8.09. The van der Waals surface area contributed by atoms with Gasteiger partial charge in [0.25, 0.3) is 0 Å². The van der Waals surface area contributed by atoms with Crippen LogP contribution in [0.25, 0.3) is 0 Å². The second-order valence-corrected chi connectivity index (χ2v) is 6.50. The minimum atomic E-state index is 0.473. The molecule has 2 atom stereocenters. The summed E-state index contributed by atoms with van der Waals surface area (Å²) in [6.45, 7) is 15.0. The van der Waals surface area contributed by atoms with Crippen molar-refractivity contribution >= 4 is 0 Å². The maximum Gasteiger partial charge on any atom is 0.00694 e. The lowest BCUT2D eigenvalue weighted by Crippen LogP contribution is -2.31. The van der Waals surface area contributed by atoms with Crippen LogP contribution < -0.4 is 5.32 Å². The fourth-order valence-electron chi connectivity index (χ4n) is 2.66. The van der Waals surface area contributed by atoms with E-state index in [1.54, 1.807) is 0 Å². The van der Waals surface area contributed by atoms with Crippen molar-refractivity contribution < 1.29 is 0 Å². The van der Waals surface area contributed by atoms with Crippen molar-refractivity contribution in [1.29, 1.82) is 0 Å². The molecule has 0 bridgehead atoms. The lowest BCUT2D eigenvalue weighted by Gasteiger charge is -2.27. The van der Waals surface area contributed by atoms with Gasteiger partial charge in [0.15, 0.2) is 0 Å². The second-order valence-electron chi connectivity index (χ2n) is 6.50. The van der Waals surface area contributed by atoms with Gasteiger partial charge in [0.1, 0.15) is 0 Å². The normalized spacial score (nSPS) is 16.1. The van der Waals surface area contributed by atoms with Gasteiger partial charge >= 0.3 is 0 Å². The average molecular weight is 227 g/mol. The average Bonchev–Trinajstić information content (AvgIpc) is 2.11. The first-order valence-electron chi connectivity index (χ1n) is 7.12. The van der Waals surface area contributed by atoms with E-state index in [1.165, 1.54) is 32.1 Å².